The lowest BCUT2D eigenvalue weighted by Crippen LogP contribution is -2.26. The van der Waals surface area contributed by atoms with Crippen molar-refractivity contribution in [2.45, 2.75) is 6.92 Å². The van der Waals surface area contributed by atoms with Crippen molar-refractivity contribution < 1.29 is 14.3 Å². The molecule has 0 bridgehead atoms. The van der Waals surface area contributed by atoms with Crippen molar-refractivity contribution in [3.63, 3.8) is 0 Å². The van der Waals surface area contributed by atoms with Crippen LogP contribution in [0.3, 0.4) is 0 Å². The highest BCUT2D eigenvalue weighted by Gasteiger charge is 2.20. The number of nitrogens with zero attached hydrogens (tertiary/aromatic N) is 3. The Morgan fingerprint density at radius 1 is 1.10 bits per heavy atom. The molecule has 9 nitrogen and oxygen atoms in total. The van der Waals surface area contributed by atoms with E-state index in [9.17, 15) is 14.4 Å². The lowest BCUT2D eigenvalue weighted by molar-refractivity contribution is -0.119. The number of nitrogens with one attached hydrogen (secondary N) is 2. The van der Waals surface area contributed by atoms with Crippen LogP contribution in [-0.4, -0.2) is 38.0 Å². The SMILES string of the molecule is Cc1c(NC(=O)COC(=O)c2n[nH]c3ccccc23)c(=O)n(-c2ccccc2)n1C. The molecule has 2 aromatic heterocycles. The fourth-order valence-corrected chi connectivity index (χ4v) is 3.21. The zero-order chi connectivity index (χ0) is 21.3. The van der Waals surface area contributed by atoms with Gasteiger partial charge in [-0.25, -0.2) is 9.48 Å². The summed E-state index contributed by atoms with van der Waals surface area (Å²) in [6.45, 7) is 1.18. The van der Waals surface area contributed by atoms with Gasteiger partial charge in [0.15, 0.2) is 12.3 Å². The van der Waals surface area contributed by atoms with E-state index in [1.165, 1.54) is 4.68 Å². The van der Waals surface area contributed by atoms with Gasteiger partial charge in [0.2, 0.25) is 0 Å². The number of esters is 1. The number of aromatic nitrogens is 4. The Bertz CT molecular complexity index is 1300. The Morgan fingerprint density at radius 3 is 2.57 bits per heavy atom. The molecule has 0 saturated carbocycles. The maximum absolute atomic E-state index is 12.8. The summed E-state index contributed by atoms with van der Waals surface area (Å²) in [4.78, 5) is 37.5. The largest absolute Gasteiger partial charge is 0.451 e. The zero-order valence-electron chi connectivity index (χ0n) is 16.4. The van der Waals surface area contributed by atoms with Crippen LogP contribution in [0.25, 0.3) is 16.6 Å². The van der Waals surface area contributed by atoms with Gasteiger partial charge in [0.1, 0.15) is 5.69 Å². The lowest BCUT2D eigenvalue weighted by Gasteiger charge is -2.07. The van der Waals surface area contributed by atoms with Crippen molar-refractivity contribution in [2.75, 3.05) is 11.9 Å². The number of hydrogen-bond donors (Lipinski definition) is 2. The van der Waals surface area contributed by atoms with Crippen LogP contribution in [0.15, 0.2) is 59.4 Å². The Labute approximate surface area is 170 Å². The molecule has 2 aromatic carbocycles. The van der Waals surface area contributed by atoms with Crippen LogP contribution in [0.5, 0.6) is 0 Å². The summed E-state index contributed by atoms with van der Waals surface area (Å²) in [5.41, 5.74) is 1.79. The second-order valence-electron chi connectivity index (χ2n) is 6.68. The highest BCUT2D eigenvalue weighted by molar-refractivity contribution is 6.03. The highest BCUT2D eigenvalue weighted by Crippen LogP contribution is 2.16. The van der Waals surface area contributed by atoms with E-state index >= 15 is 0 Å². The number of fused-ring (bicyclic) bond motifs is 1. The van der Waals surface area contributed by atoms with Gasteiger partial charge in [-0.3, -0.25) is 19.4 Å². The van der Waals surface area contributed by atoms with Crippen LogP contribution in [-0.2, 0) is 16.6 Å². The fourth-order valence-electron chi connectivity index (χ4n) is 3.21. The third kappa shape index (κ3) is 3.37. The van der Waals surface area contributed by atoms with Crippen molar-refractivity contribution in [1.82, 2.24) is 19.6 Å². The number of hydrogen-bond acceptors (Lipinski definition) is 5. The number of benzene rings is 2. The van der Waals surface area contributed by atoms with Gasteiger partial charge in [-0.05, 0) is 25.1 Å². The number of carbonyl (C=O) groups excluding carboxylic acids is 2. The molecule has 0 spiro atoms. The molecule has 2 heterocycles. The summed E-state index contributed by atoms with van der Waals surface area (Å²) < 4.78 is 8.18. The molecule has 0 aliphatic heterocycles. The molecule has 0 fully saturated rings. The smallest absolute Gasteiger partial charge is 0.359 e. The molecule has 0 saturated heterocycles. The lowest BCUT2D eigenvalue weighted by atomic mass is 10.2. The molecule has 2 N–H and O–H groups in total. The number of amides is 1. The maximum Gasteiger partial charge on any atom is 0.359 e. The van der Waals surface area contributed by atoms with Crippen LogP contribution in [0.4, 0.5) is 5.69 Å². The highest BCUT2D eigenvalue weighted by atomic mass is 16.5. The van der Waals surface area contributed by atoms with E-state index in [2.05, 4.69) is 15.5 Å². The Balaban J connectivity index is 1.48. The first kappa shape index (κ1) is 19.2. The van der Waals surface area contributed by atoms with Crippen LogP contribution in [0.2, 0.25) is 0 Å². The van der Waals surface area contributed by atoms with Gasteiger partial charge in [-0.1, -0.05) is 36.4 Å². The monoisotopic (exact) mass is 405 g/mol. The van der Waals surface area contributed by atoms with Crippen molar-refractivity contribution in [2.24, 2.45) is 7.05 Å². The Morgan fingerprint density at radius 2 is 1.80 bits per heavy atom. The van der Waals surface area contributed by atoms with Gasteiger partial charge < -0.3 is 10.1 Å². The van der Waals surface area contributed by atoms with Gasteiger partial charge >= 0.3 is 5.97 Å². The minimum absolute atomic E-state index is 0.0979. The molecule has 0 radical (unpaired) electrons. The normalized spacial score (nSPS) is 10.9. The molecule has 0 atom stereocenters. The second kappa shape index (κ2) is 7.70. The molecule has 0 unspecified atom stereocenters. The number of aromatic amines is 1. The van der Waals surface area contributed by atoms with Gasteiger partial charge in [0.05, 0.1) is 16.9 Å². The Hall–Kier alpha value is -4.14. The molecular formula is C21H19N5O4. The summed E-state index contributed by atoms with van der Waals surface area (Å²) in [5, 5.41) is 9.84. The maximum atomic E-state index is 12.8. The van der Waals surface area contributed by atoms with Crippen molar-refractivity contribution >= 4 is 28.5 Å². The van der Waals surface area contributed by atoms with Crippen molar-refractivity contribution in [3.05, 3.63) is 76.3 Å². The molecule has 4 rings (SSSR count). The summed E-state index contributed by atoms with van der Waals surface area (Å²) in [6, 6.07) is 16.2. The quantitative estimate of drug-likeness (QED) is 0.494. The molecule has 1 amide bonds. The number of rotatable bonds is 5. The van der Waals surface area contributed by atoms with E-state index in [4.69, 9.17) is 4.74 Å². The molecular weight excluding hydrogens is 386 g/mol. The third-order valence-electron chi connectivity index (χ3n) is 4.82. The number of ether oxygens (including phenoxy) is 1. The summed E-state index contributed by atoms with van der Waals surface area (Å²) in [5.74, 6) is -1.34. The Kier molecular flexibility index (Phi) is 4.93. The second-order valence-corrected chi connectivity index (χ2v) is 6.68. The van der Waals surface area contributed by atoms with Gasteiger partial charge in [0.25, 0.3) is 11.5 Å². The summed E-state index contributed by atoms with van der Waals surface area (Å²) >= 11 is 0. The van der Waals surface area contributed by atoms with Gasteiger partial charge in [0, 0.05) is 12.4 Å². The average Bonchev–Trinajstić information content (AvgIpc) is 3.28. The van der Waals surface area contributed by atoms with E-state index in [0.29, 0.717) is 22.3 Å². The van der Waals surface area contributed by atoms with E-state index in [0.717, 1.165) is 0 Å². The first-order chi connectivity index (χ1) is 14.5. The van der Waals surface area contributed by atoms with Crippen molar-refractivity contribution in [3.8, 4) is 5.69 Å². The van der Waals surface area contributed by atoms with Crippen LogP contribution in [0, 0.1) is 6.92 Å². The predicted octanol–water partition coefficient (Wildman–Crippen LogP) is 2.16. The number of para-hydroxylation sites is 2. The average molecular weight is 405 g/mol. The van der Waals surface area contributed by atoms with E-state index in [1.54, 1.807) is 49.0 Å². The molecule has 152 valence electrons. The van der Waals surface area contributed by atoms with Crippen molar-refractivity contribution in [1.29, 1.82) is 0 Å². The molecule has 9 heteroatoms. The number of H-pyrrole nitrogens is 1. The summed E-state index contributed by atoms with van der Waals surface area (Å²) in [7, 11) is 1.72. The molecule has 0 aliphatic rings. The summed E-state index contributed by atoms with van der Waals surface area (Å²) in [6.07, 6.45) is 0. The van der Waals surface area contributed by atoms with Crippen LogP contribution >= 0.6 is 0 Å². The third-order valence-corrected chi connectivity index (χ3v) is 4.82. The van der Waals surface area contributed by atoms with Gasteiger partial charge in [-0.15, -0.1) is 0 Å². The van der Waals surface area contributed by atoms with E-state index < -0.39 is 18.5 Å². The standard InChI is InChI=1S/C21H19N5O4/c1-13-18(20(28)26(25(13)2)14-8-4-3-5-9-14)22-17(27)12-30-21(29)19-15-10-6-7-11-16(15)23-24-19/h3-11H,12H2,1-2H3,(H,22,27)(H,23,24). The minimum atomic E-state index is -0.728. The predicted molar refractivity (Wildman–Crippen MR) is 111 cm³/mol. The van der Waals surface area contributed by atoms with Crippen LogP contribution < -0.4 is 10.9 Å². The first-order valence-electron chi connectivity index (χ1n) is 9.21. The molecule has 0 aliphatic carbocycles. The topological polar surface area (TPSA) is 111 Å². The molecule has 30 heavy (non-hydrogen) atoms. The minimum Gasteiger partial charge on any atom is -0.451 e. The fraction of sp³-hybridized carbons (Fsp3) is 0.143. The molecule has 4 aromatic rings. The van der Waals surface area contributed by atoms with Crippen LogP contribution in [0.1, 0.15) is 16.2 Å². The van der Waals surface area contributed by atoms with Gasteiger partial charge in [-0.2, -0.15) is 5.10 Å². The number of anilines is 1. The zero-order valence-corrected chi connectivity index (χ0v) is 16.4. The first-order valence-corrected chi connectivity index (χ1v) is 9.21. The van der Waals surface area contributed by atoms with E-state index in [-0.39, 0.29) is 16.9 Å². The van der Waals surface area contributed by atoms with E-state index in [1.807, 2.05) is 24.3 Å². The number of carbonyl (C=O) groups is 2.